The lowest BCUT2D eigenvalue weighted by molar-refractivity contribution is 0.682. The molecule has 1 aliphatic rings. The van der Waals surface area contributed by atoms with Crippen molar-refractivity contribution in [1.82, 2.24) is 4.72 Å². The van der Waals surface area contributed by atoms with Gasteiger partial charge in [-0.2, -0.15) is 0 Å². The van der Waals surface area contributed by atoms with E-state index in [4.69, 9.17) is 28.6 Å². The Balaban J connectivity index is 2.49. The molecule has 0 fully saturated rings. The summed E-state index contributed by atoms with van der Waals surface area (Å²) in [5.74, 6) is 0. The van der Waals surface area contributed by atoms with Crippen molar-refractivity contribution < 1.29 is 4.21 Å². The number of rotatable bonds is 3. The molecule has 2 rings (SSSR count). The van der Waals surface area contributed by atoms with Gasteiger partial charge >= 0.3 is 0 Å². The van der Waals surface area contributed by atoms with Crippen molar-refractivity contribution >= 4 is 45.5 Å². The Hall–Kier alpha value is -1.20. The molecule has 110 valence electrons. The largest absolute Gasteiger partial charge is 0.300 e. The zero-order chi connectivity index (χ0) is 15.6. The molecular formula is C15H14Cl2N2OS. The molecule has 2 N–H and O–H groups in total. The number of hydrogen-bond acceptors (Lipinski definition) is 2. The first-order valence-electron chi connectivity index (χ1n) is 6.18. The van der Waals surface area contributed by atoms with Crippen LogP contribution in [-0.4, -0.2) is 17.0 Å². The fraction of sp³-hybridized carbons (Fsp3) is 0.133. The lowest BCUT2D eigenvalue weighted by Gasteiger charge is -2.17. The molecule has 6 heteroatoms. The van der Waals surface area contributed by atoms with Crippen LogP contribution in [0.25, 0.3) is 5.57 Å². The molecule has 0 bridgehead atoms. The van der Waals surface area contributed by atoms with Gasteiger partial charge in [-0.05, 0) is 26.1 Å². The minimum absolute atomic E-state index is 0.294. The van der Waals surface area contributed by atoms with E-state index in [1.54, 1.807) is 38.2 Å². The summed E-state index contributed by atoms with van der Waals surface area (Å²) in [6.07, 6.45) is 5.42. The second-order valence-corrected chi connectivity index (χ2v) is 6.78. The highest BCUT2D eigenvalue weighted by molar-refractivity contribution is 7.87. The van der Waals surface area contributed by atoms with Crippen molar-refractivity contribution in [1.29, 1.82) is 5.41 Å². The van der Waals surface area contributed by atoms with Crippen molar-refractivity contribution in [3.05, 3.63) is 62.5 Å². The van der Waals surface area contributed by atoms with E-state index in [2.05, 4.69) is 4.72 Å². The molecule has 0 saturated carbocycles. The summed E-state index contributed by atoms with van der Waals surface area (Å²) < 4.78 is 14.5. The standard InChI is InChI=1S/C15H14Cl2N2OS/c1-9(21(20)19-2)11-4-3-5-13(15(11)18)12-7-6-10(16)8-14(12)17/h3-8,18-19H,1-2H3/b11-9+,18-15?. The first-order valence-corrected chi connectivity index (χ1v) is 8.09. The lowest BCUT2D eigenvalue weighted by atomic mass is 9.92. The number of halogens is 2. The first kappa shape index (κ1) is 16.2. The van der Waals surface area contributed by atoms with Gasteiger partial charge in [-0.3, -0.25) is 5.41 Å². The summed E-state index contributed by atoms with van der Waals surface area (Å²) in [4.78, 5) is 0.606. The molecule has 0 radical (unpaired) electrons. The Morgan fingerprint density at radius 2 is 2.05 bits per heavy atom. The van der Waals surface area contributed by atoms with Gasteiger partial charge in [0.05, 0.1) is 5.71 Å². The number of hydrogen-bond donors (Lipinski definition) is 2. The summed E-state index contributed by atoms with van der Waals surface area (Å²) in [6, 6.07) is 5.16. The van der Waals surface area contributed by atoms with Gasteiger partial charge in [-0.25, -0.2) is 8.93 Å². The Bertz CT molecular complexity index is 720. The van der Waals surface area contributed by atoms with E-state index < -0.39 is 11.0 Å². The fourth-order valence-corrected chi connectivity index (χ4v) is 3.22. The van der Waals surface area contributed by atoms with Crippen molar-refractivity contribution in [2.45, 2.75) is 6.92 Å². The smallest absolute Gasteiger partial charge is 0.120 e. The third kappa shape index (κ3) is 3.35. The highest BCUT2D eigenvalue weighted by Crippen LogP contribution is 2.32. The fourth-order valence-electron chi connectivity index (χ4n) is 2.03. The topological polar surface area (TPSA) is 53.0 Å². The quantitative estimate of drug-likeness (QED) is 0.854. The van der Waals surface area contributed by atoms with E-state index in [1.165, 1.54) is 0 Å². The zero-order valence-electron chi connectivity index (χ0n) is 11.5. The normalized spacial score (nSPS) is 18.5. The molecule has 3 nitrogen and oxygen atoms in total. The second-order valence-electron chi connectivity index (χ2n) is 4.38. The van der Waals surface area contributed by atoms with E-state index >= 15 is 0 Å². The summed E-state index contributed by atoms with van der Waals surface area (Å²) in [5.41, 5.74) is 2.34. The molecule has 0 heterocycles. The Morgan fingerprint density at radius 1 is 1.33 bits per heavy atom. The maximum atomic E-state index is 11.9. The SMILES string of the molecule is CNS(=O)/C(C)=C1\C=CC=C(c2ccc(Cl)cc2Cl)C1=N. The minimum atomic E-state index is -1.31. The van der Waals surface area contributed by atoms with Gasteiger partial charge in [0, 0.05) is 31.7 Å². The van der Waals surface area contributed by atoms with Crippen molar-refractivity contribution in [3.63, 3.8) is 0 Å². The van der Waals surface area contributed by atoms with Crippen molar-refractivity contribution in [2.24, 2.45) is 0 Å². The molecule has 0 aliphatic heterocycles. The van der Waals surface area contributed by atoms with E-state index in [0.717, 1.165) is 5.56 Å². The summed E-state index contributed by atoms with van der Waals surface area (Å²) in [6.45, 7) is 1.74. The van der Waals surface area contributed by atoms with Crippen LogP contribution in [0.4, 0.5) is 0 Å². The van der Waals surface area contributed by atoms with Gasteiger partial charge in [0.25, 0.3) is 0 Å². The van der Waals surface area contributed by atoms with Crippen LogP contribution in [0.1, 0.15) is 12.5 Å². The summed E-state index contributed by atoms with van der Waals surface area (Å²) in [7, 11) is 0.300. The van der Waals surface area contributed by atoms with Crippen LogP contribution in [0.15, 0.2) is 46.9 Å². The third-order valence-electron chi connectivity index (χ3n) is 3.13. The molecule has 1 atom stereocenters. The van der Waals surface area contributed by atoms with Crippen LogP contribution in [0, 0.1) is 5.41 Å². The van der Waals surface area contributed by atoms with Crippen LogP contribution in [0.3, 0.4) is 0 Å². The average Bonchev–Trinajstić information content (AvgIpc) is 2.46. The average molecular weight is 341 g/mol. The molecule has 1 unspecified atom stereocenters. The van der Waals surface area contributed by atoms with Gasteiger partial charge in [0.2, 0.25) is 0 Å². The van der Waals surface area contributed by atoms with Crippen LogP contribution in [0.2, 0.25) is 10.0 Å². The van der Waals surface area contributed by atoms with Gasteiger partial charge in [0.15, 0.2) is 0 Å². The van der Waals surface area contributed by atoms with E-state index in [0.29, 0.717) is 31.8 Å². The Morgan fingerprint density at radius 3 is 2.67 bits per heavy atom. The number of allylic oxidation sites excluding steroid dienone is 6. The van der Waals surface area contributed by atoms with E-state index in [-0.39, 0.29) is 0 Å². The predicted molar refractivity (Wildman–Crippen MR) is 91.2 cm³/mol. The molecule has 0 amide bonds. The number of benzene rings is 1. The Labute approximate surface area is 136 Å². The molecule has 0 spiro atoms. The van der Waals surface area contributed by atoms with Crippen LogP contribution < -0.4 is 4.72 Å². The maximum Gasteiger partial charge on any atom is 0.120 e. The number of nitrogens with one attached hydrogen (secondary N) is 2. The maximum absolute atomic E-state index is 11.9. The first-order chi connectivity index (χ1) is 9.95. The van der Waals surface area contributed by atoms with Crippen LogP contribution in [-0.2, 0) is 11.0 Å². The third-order valence-corrected chi connectivity index (χ3v) is 4.82. The molecular weight excluding hydrogens is 327 g/mol. The molecule has 1 aliphatic carbocycles. The van der Waals surface area contributed by atoms with Crippen LogP contribution >= 0.6 is 23.2 Å². The highest BCUT2D eigenvalue weighted by atomic mass is 35.5. The highest BCUT2D eigenvalue weighted by Gasteiger charge is 2.19. The molecule has 21 heavy (non-hydrogen) atoms. The molecule has 0 aromatic heterocycles. The minimum Gasteiger partial charge on any atom is -0.300 e. The van der Waals surface area contributed by atoms with Crippen molar-refractivity contribution in [2.75, 3.05) is 7.05 Å². The van der Waals surface area contributed by atoms with Crippen LogP contribution in [0.5, 0.6) is 0 Å². The Kier molecular flexibility index (Phi) is 5.17. The van der Waals surface area contributed by atoms with Gasteiger partial charge < -0.3 is 0 Å². The van der Waals surface area contributed by atoms with E-state index in [9.17, 15) is 4.21 Å². The van der Waals surface area contributed by atoms with Gasteiger partial charge in [0.1, 0.15) is 11.0 Å². The molecule has 1 aromatic carbocycles. The van der Waals surface area contributed by atoms with Gasteiger partial charge in [-0.1, -0.05) is 47.5 Å². The lowest BCUT2D eigenvalue weighted by Crippen LogP contribution is -2.16. The molecule has 0 saturated heterocycles. The summed E-state index contributed by atoms with van der Waals surface area (Å²) >= 11 is 12.1. The van der Waals surface area contributed by atoms with E-state index in [1.807, 2.05) is 12.2 Å². The summed E-state index contributed by atoms with van der Waals surface area (Å²) in [5, 5.41) is 9.39. The predicted octanol–water partition coefficient (Wildman–Crippen LogP) is 4.12. The molecule has 1 aromatic rings. The second kappa shape index (κ2) is 6.71. The van der Waals surface area contributed by atoms with Crippen molar-refractivity contribution in [3.8, 4) is 0 Å². The zero-order valence-corrected chi connectivity index (χ0v) is 13.9. The monoisotopic (exact) mass is 340 g/mol. The van der Waals surface area contributed by atoms with Gasteiger partial charge in [-0.15, -0.1) is 0 Å².